The zero-order valence-electron chi connectivity index (χ0n) is 15.0. The number of imidazole rings is 1. The van der Waals surface area contributed by atoms with Gasteiger partial charge in [-0.05, 0) is 19.8 Å². The summed E-state index contributed by atoms with van der Waals surface area (Å²) in [5.74, 6) is 0.0198. The Morgan fingerprint density at radius 3 is 3.04 bits per heavy atom. The third-order valence-electron chi connectivity index (χ3n) is 4.50. The van der Waals surface area contributed by atoms with E-state index in [4.69, 9.17) is 16.3 Å². The van der Waals surface area contributed by atoms with E-state index < -0.39 is 0 Å². The number of H-pyrrole nitrogens is 1. The monoisotopic (exact) mass is 397 g/mol. The maximum absolute atomic E-state index is 12.5. The molecule has 142 valence electrons. The van der Waals surface area contributed by atoms with Crippen molar-refractivity contribution in [3.63, 3.8) is 0 Å². The third-order valence-corrected chi connectivity index (χ3v) is 5.58. The van der Waals surface area contributed by atoms with Gasteiger partial charge in [0.2, 0.25) is 0 Å². The van der Waals surface area contributed by atoms with Gasteiger partial charge >= 0.3 is 0 Å². The highest BCUT2D eigenvalue weighted by Gasteiger charge is 2.32. The van der Waals surface area contributed by atoms with Gasteiger partial charge in [-0.3, -0.25) is 14.7 Å². The van der Waals surface area contributed by atoms with E-state index in [9.17, 15) is 4.79 Å². The molecule has 2 N–H and O–H groups in total. The number of carbonyl (C=O) groups is 1. The number of rotatable bonds is 7. The summed E-state index contributed by atoms with van der Waals surface area (Å²) in [6.07, 6.45) is 3.38. The molecular formula is C17H24ClN5O2S. The molecule has 1 aliphatic rings. The number of hydrogen-bond donors (Lipinski definition) is 2. The van der Waals surface area contributed by atoms with E-state index in [1.807, 2.05) is 25.6 Å². The minimum atomic E-state index is -0.239. The van der Waals surface area contributed by atoms with E-state index in [1.165, 1.54) is 4.88 Å². The van der Waals surface area contributed by atoms with Crippen LogP contribution in [0.25, 0.3) is 0 Å². The molecule has 1 saturated heterocycles. The Morgan fingerprint density at radius 2 is 2.38 bits per heavy atom. The van der Waals surface area contributed by atoms with Crippen LogP contribution in [-0.4, -0.2) is 57.6 Å². The molecule has 0 spiro atoms. The molecule has 0 aliphatic carbocycles. The molecule has 7 nitrogen and oxygen atoms in total. The summed E-state index contributed by atoms with van der Waals surface area (Å²) < 4.78 is 5.91. The van der Waals surface area contributed by atoms with E-state index in [0.717, 1.165) is 31.7 Å². The van der Waals surface area contributed by atoms with Crippen molar-refractivity contribution in [2.24, 2.45) is 0 Å². The van der Waals surface area contributed by atoms with E-state index in [0.29, 0.717) is 18.2 Å². The molecule has 0 aromatic carbocycles. The topological polar surface area (TPSA) is 83.1 Å². The predicted octanol–water partition coefficient (Wildman–Crippen LogP) is 2.49. The summed E-state index contributed by atoms with van der Waals surface area (Å²) in [5, 5.41) is 3.42. The van der Waals surface area contributed by atoms with Crippen molar-refractivity contribution in [2.75, 3.05) is 19.7 Å². The SMILES string of the molecule is CCO[C@H]1CN(Cc2cncs2)CCC1NC(=O)c1nc(Cl)c(CC)[nH]1. The number of aryl methyl sites for hydroxylation is 1. The first-order valence-corrected chi connectivity index (χ1v) is 10.1. The Balaban J connectivity index is 1.62. The molecule has 1 fully saturated rings. The number of aromatic nitrogens is 3. The maximum atomic E-state index is 12.5. The molecule has 1 amide bonds. The molecule has 0 bridgehead atoms. The second kappa shape index (κ2) is 8.94. The first-order valence-electron chi connectivity index (χ1n) is 8.87. The number of aromatic amines is 1. The Kier molecular flexibility index (Phi) is 6.63. The van der Waals surface area contributed by atoms with Gasteiger partial charge in [0.05, 0.1) is 23.4 Å². The van der Waals surface area contributed by atoms with Crippen LogP contribution in [0, 0.1) is 0 Å². The van der Waals surface area contributed by atoms with Crippen molar-refractivity contribution in [2.45, 2.75) is 45.4 Å². The van der Waals surface area contributed by atoms with Gasteiger partial charge in [-0.1, -0.05) is 18.5 Å². The van der Waals surface area contributed by atoms with Crippen molar-refractivity contribution < 1.29 is 9.53 Å². The molecule has 2 aromatic heterocycles. The van der Waals surface area contributed by atoms with Crippen molar-refractivity contribution in [3.05, 3.63) is 33.3 Å². The van der Waals surface area contributed by atoms with Gasteiger partial charge in [-0.25, -0.2) is 4.98 Å². The Labute approximate surface area is 162 Å². The largest absolute Gasteiger partial charge is 0.375 e. The van der Waals surface area contributed by atoms with Crippen LogP contribution in [0.3, 0.4) is 0 Å². The fraction of sp³-hybridized carbons (Fsp3) is 0.588. The lowest BCUT2D eigenvalue weighted by Crippen LogP contribution is -2.55. The van der Waals surface area contributed by atoms with Crippen LogP contribution >= 0.6 is 22.9 Å². The molecule has 1 aliphatic heterocycles. The lowest BCUT2D eigenvalue weighted by molar-refractivity contribution is -0.0175. The Morgan fingerprint density at radius 1 is 1.54 bits per heavy atom. The lowest BCUT2D eigenvalue weighted by Gasteiger charge is -2.38. The predicted molar refractivity (Wildman–Crippen MR) is 102 cm³/mol. The number of halogens is 1. The number of nitrogens with one attached hydrogen (secondary N) is 2. The quantitative estimate of drug-likeness (QED) is 0.750. The zero-order chi connectivity index (χ0) is 18.5. The highest BCUT2D eigenvalue weighted by atomic mass is 35.5. The van der Waals surface area contributed by atoms with Crippen LogP contribution in [0.1, 0.15) is 41.5 Å². The maximum Gasteiger partial charge on any atom is 0.287 e. The highest BCUT2D eigenvalue weighted by Crippen LogP contribution is 2.19. The van der Waals surface area contributed by atoms with Crippen LogP contribution in [0.2, 0.25) is 5.15 Å². The molecule has 0 saturated carbocycles. The summed E-state index contributed by atoms with van der Waals surface area (Å²) >= 11 is 7.70. The molecule has 3 rings (SSSR count). The van der Waals surface area contributed by atoms with Crippen LogP contribution in [0.15, 0.2) is 11.7 Å². The van der Waals surface area contributed by atoms with E-state index in [2.05, 4.69) is 25.2 Å². The molecule has 0 radical (unpaired) electrons. The summed E-state index contributed by atoms with van der Waals surface area (Å²) in [5.41, 5.74) is 2.62. The number of nitrogens with zero attached hydrogens (tertiary/aromatic N) is 3. The van der Waals surface area contributed by atoms with Gasteiger partial charge in [-0.2, -0.15) is 0 Å². The summed E-state index contributed by atoms with van der Waals surface area (Å²) in [6.45, 7) is 7.08. The van der Waals surface area contributed by atoms with E-state index in [1.54, 1.807) is 11.3 Å². The van der Waals surface area contributed by atoms with Crippen LogP contribution < -0.4 is 5.32 Å². The minimum Gasteiger partial charge on any atom is -0.375 e. The minimum absolute atomic E-state index is 0.0471. The van der Waals surface area contributed by atoms with Gasteiger partial charge in [-0.15, -0.1) is 11.3 Å². The first-order chi connectivity index (χ1) is 12.6. The standard InChI is InChI=1S/C17H24ClN5O2S/c1-3-12-15(18)22-16(20-12)17(24)21-13-5-6-23(9-14(13)25-4-2)8-11-7-19-10-26-11/h7,10,13-14H,3-6,8-9H2,1-2H3,(H,20,22)(H,21,24)/t13?,14-/m0/s1. The number of hydrogen-bond acceptors (Lipinski definition) is 6. The number of piperidine rings is 1. The zero-order valence-corrected chi connectivity index (χ0v) is 16.6. The molecule has 2 aromatic rings. The van der Waals surface area contributed by atoms with Gasteiger partial charge in [0, 0.05) is 37.3 Å². The number of thiazole rings is 1. The Hall–Kier alpha value is -1.48. The smallest absolute Gasteiger partial charge is 0.287 e. The van der Waals surface area contributed by atoms with E-state index in [-0.39, 0.29) is 23.9 Å². The fourth-order valence-corrected chi connectivity index (χ4v) is 4.08. The molecule has 26 heavy (non-hydrogen) atoms. The Bertz CT molecular complexity index is 721. The number of ether oxygens (including phenoxy) is 1. The number of carbonyl (C=O) groups excluding carboxylic acids is 1. The molecular weight excluding hydrogens is 374 g/mol. The van der Waals surface area contributed by atoms with Crippen LogP contribution in [0.5, 0.6) is 0 Å². The van der Waals surface area contributed by atoms with Crippen molar-refractivity contribution >= 4 is 28.8 Å². The van der Waals surface area contributed by atoms with E-state index >= 15 is 0 Å². The van der Waals surface area contributed by atoms with Crippen LogP contribution in [-0.2, 0) is 17.7 Å². The van der Waals surface area contributed by atoms with Crippen molar-refractivity contribution in [1.29, 1.82) is 0 Å². The average molecular weight is 398 g/mol. The second-order valence-corrected chi connectivity index (χ2v) is 7.60. The summed E-state index contributed by atoms with van der Waals surface area (Å²) in [4.78, 5) is 27.4. The second-order valence-electron chi connectivity index (χ2n) is 6.27. The normalized spacial score (nSPS) is 21.0. The molecule has 3 heterocycles. The number of amides is 1. The fourth-order valence-electron chi connectivity index (χ4n) is 3.18. The van der Waals surface area contributed by atoms with Crippen molar-refractivity contribution in [3.8, 4) is 0 Å². The summed E-state index contributed by atoms with van der Waals surface area (Å²) in [7, 11) is 0. The summed E-state index contributed by atoms with van der Waals surface area (Å²) in [6, 6.07) is -0.0471. The van der Waals surface area contributed by atoms with Gasteiger partial charge in [0.1, 0.15) is 0 Å². The molecule has 9 heteroatoms. The van der Waals surface area contributed by atoms with Crippen molar-refractivity contribution in [1.82, 2.24) is 25.2 Å². The highest BCUT2D eigenvalue weighted by molar-refractivity contribution is 7.09. The van der Waals surface area contributed by atoms with Crippen LogP contribution in [0.4, 0.5) is 0 Å². The lowest BCUT2D eigenvalue weighted by atomic mass is 10.0. The number of likely N-dealkylation sites (tertiary alicyclic amines) is 1. The molecule has 1 unspecified atom stereocenters. The van der Waals surface area contributed by atoms with Gasteiger partial charge in [0.15, 0.2) is 11.0 Å². The van der Waals surface area contributed by atoms with Gasteiger partial charge < -0.3 is 15.0 Å². The molecule has 2 atom stereocenters. The average Bonchev–Trinajstić information content (AvgIpc) is 3.26. The van der Waals surface area contributed by atoms with Gasteiger partial charge in [0.25, 0.3) is 5.91 Å². The first kappa shape index (κ1) is 19.3. The third kappa shape index (κ3) is 4.62.